The Morgan fingerprint density at radius 3 is 2.68 bits per heavy atom. The molecule has 5 heteroatoms. The van der Waals surface area contributed by atoms with E-state index in [1.807, 2.05) is 19.9 Å². The van der Waals surface area contributed by atoms with Crippen LogP contribution in [0.1, 0.15) is 23.1 Å². The molecule has 1 aromatic rings. The Morgan fingerprint density at radius 2 is 2.11 bits per heavy atom. The second-order valence-corrected chi connectivity index (χ2v) is 4.65. The molecule has 1 aromatic carbocycles. The molecule has 0 fully saturated rings. The van der Waals surface area contributed by atoms with Crippen molar-refractivity contribution in [1.29, 1.82) is 0 Å². The van der Waals surface area contributed by atoms with Crippen molar-refractivity contribution >= 4 is 5.97 Å². The summed E-state index contributed by atoms with van der Waals surface area (Å²) in [5.74, 6) is -0.198. The van der Waals surface area contributed by atoms with Crippen molar-refractivity contribution in [3.63, 3.8) is 0 Å². The highest BCUT2D eigenvalue weighted by molar-refractivity contribution is 5.67. The monoisotopic (exact) mass is 267 g/mol. The molecule has 0 heterocycles. The SMILES string of the molecule is COc1cc(C)cc(C)c1CNCC(O)CC(=O)O. The van der Waals surface area contributed by atoms with Gasteiger partial charge in [0.25, 0.3) is 0 Å². The van der Waals surface area contributed by atoms with E-state index in [9.17, 15) is 9.90 Å². The van der Waals surface area contributed by atoms with Crippen LogP contribution in [0.2, 0.25) is 0 Å². The fraction of sp³-hybridized carbons (Fsp3) is 0.500. The number of carbonyl (C=O) groups is 1. The zero-order valence-electron chi connectivity index (χ0n) is 11.6. The van der Waals surface area contributed by atoms with Crippen LogP contribution in [0, 0.1) is 13.8 Å². The van der Waals surface area contributed by atoms with E-state index >= 15 is 0 Å². The molecule has 0 amide bonds. The second kappa shape index (κ2) is 7.11. The molecule has 0 aliphatic carbocycles. The molecular weight excluding hydrogens is 246 g/mol. The summed E-state index contributed by atoms with van der Waals surface area (Å²) >= 11 is 0. The van der Waals surface area contributed by atoms with Crippen LogP contribution in [-0.2, 0) is 11.3 Å². The number of carboxylic acids is 1. The van der Waals surface area contributed by atoms with E-state index in [0.29, 0.717) is 6.54 Å². The first-order chi connectivity index (χ1) is 8.93. The van der Waals surface area contributed by atoms with Crippen molar-refractivity contribution in [1.82, 2.24) is 5.32 Å². The Morgan fingerprint density at radius 1 is 1.42 bits per heavy atom. The standard InChI is InChI=1S/C14H21NO4/c1-9-4-10(2)12(13(5-9)19-3)8-15-7-11(16)6-14(17)18/h4-5,11,15-16H,6-8H2,1-3H3,(H,17,18). The molecule has 19 heavy (non-hydrogen) atoms. The molecule has 1 atom stereocenters. The smallest absolute Gasteiger partial charge is 0.306 e. The molecule has 0 aliphatic heterocycles. The van der Waals surface area contributed by atoms with Crippen molar-refractivity contribution in [3.8, 4) is 5.75 Å². The van der Waals surface area contributed by atoms with Crippen LogP contribution >= 0.6 is 0 Å². The maximum Gasteiger partial charge on any atom is 0.306 e. The molecule has 0 saturated heterocycles. The molecule has 0 aliphatic rings. The summed E-state index contributed by atoms with van der Waals surface area (Å²) < 4.78 is 5.33. The Hall–Kier alpha value is -1.59. The van der Waals surface area contributed by atoms with Gasteiger partial charge in [0, 0.05) is 18.7 Å². The van der Waals surface area contributed by atoms with Crippen LogP contribution in [0.3, 0.4) is 0 Å². The van der Waals surface area contributed by atoms with Gasteiger partial charge in [-0.25, -0.2) is 0 Å². The molecule has 0 spiro atoms. The van der Waals surface area contributed by atoms with Crippen molar-refractivity contribution < 1.29 is 19.7 Å². The van der Waals surface area contributed by atoms with Crippen LogP contribution in [0.25, 0.3) is 0 Å². The minimum Gasteiger partial charge on any atom is -0.496 e. The first kappa shape index (κ1) is 15.5. The number of nitrogens with one attached hydrogen (secondary N) is 1. The van der Waals surface area contributed by atoms with Crippen molar-refractivity contribution in [2.24, 2.45) is 0 Å². The first-order valence-corrected chi connectivity index (χ1v) is 6.18. The number of aliphatic carboxylic acids is 1. The summed E-state index contributed by atoms with van der Waals surface area (Å²) in [5.41, 5.74) is 3.26. The van der Waals surface area contributed by atoms with Gasteiger partial charge in [0.2, 0.25) is 0 Å². The second-order valence-electron chi connectivity index (χ2n) is 4.65. The van der Waals surface area contributed by atoms with Crippen molar-refractivity contribution in [2.75, 3.05) is 13.7 Å². The molecule has 1 unspecified atom stereocenters. The summed E-state index contributed by atoms with van der Waals surface area (Å²) in [7, 11) is 1.62. The van der Waals surface area contributed by atoms with Gasteiger partial charge in [0.1, 0.15) is 5.75 Å². The predicted molar refractivity (Wildman–Crippen MR) is 72.4 cm³/mol. The van der Waals surface area contributed by atoms with Gasteiger partial charge < -0.3 is 20.3 Å². The molecule has 0 saturated carbocycles. The summed E-state index contributed by atoms with van der Waals surface area (Å²) in [4.78, 5) is 10.4. The number of aryl methyl sites for hydroxylation is 2. The first-order valence-electron chi connectivity index (χ1n) is 6.18. The normalized spacial score (nSPS) is 12.2. The Balaban J connectivity index is 2.60. The molecule has 0 aromatic heterocycles. The van der Waals surface area contributed by atoms with Crippen LogP contribution in [-0.4, -0.2) is 35.9 Å². The maximum atomic E-state index is 10.4. The van der Waals surface area contributed by atoms with Gasteiger partial charge in [-0.3, -0.25) is 4.79 Å². The van der Waals surface area contributed by atoms with E-state index in [1.54, 1.807) is 7.11 Å². The Kier molecular flexibility index (Phi) is 5.79. The zero-order chi connectivity index (χ0) is 14.4. The average Bonchev–Trinajstić information content (AvgIpc) is 2.30. The van der Waals surface area contributed by atoms with Crippen LogP contribution < -0.4 is 10.1 Å². The highest BCUT2D eigenvalue weighted by Gasteiger charge is 2.11. The Labute approximate surface area is 113 Å². The van der Waals surface area contributed by atoms with E-state index in [0.717, 1.165) is 22.4 Å². The number of benzene rings is 1. The number of aliphatic hydroxyl groups is 1. The van der Waals surface area contributed by atoms with Crippen molar-refractivity contribution in [3.05, 3.63) is 28.8 Å². The number of aliphatic hydroxyl groups excluding tert-OH is 1. The van der Waals surface area contributed by atoms with Gasteiger partial charge in [-0.1, -0.05) is 6.07 Å². The molecular formula is C14H21NO4. The lowest BCUT2D eigenvalue weighted by molar-refractivity contribution is -0.139. The van der Waals surface area contributed by atoms with E-state index in [1.165, 1.54) is 0 Å². The predicted octanol–water partition coefficient (Wildman–Crippen LogP) is 1.24. The third-order valence-corrected chi connectivity index (χ3v) is 2.89. The lowest BCUT2D eigenvalue weighted by Gasteiger charge is -2.15. The fourth-order valence-corrected chi connectivity index (χ4v) is 2.00. The van der Waals surface area contributed by atoms with Gasteiger partial charge >= 0.3 is 5.97 Å². The Bertz CT molecular complexity index is 445. The number of rotatable bonds is 7. The lowest BCUT2D eigenvalue weighted by atomic mass is 10.0. The van der Waals surface area contributed by atoms with Crippen LogP contribution in [0.4, 0.5) is 0 Å². The largest absolute Gasteiger partial charge is 0.496 e. The van der Waals surface area contributed by atoms with Gasteiger partial charge in [-0.2, -0.15) is 0 Å². The van der Waals surface area contributed by atoms with Crippen LogP contribution in [0.15, 0.2) is 12.1 Å². The summed E-state index contributed by atoms with van der Waals surface area (Å²) in [6.45, 7) is 4.78. The quantitative estimate of drug-likeness (QED) is 0.692. The number of carboxylic acid groups (broad SMARTS) is 1. The van der Waals surface area contributed by atoms with Gasteiger partial charge in [-0.05, 0) is 31.0 Å². The summed E-state index contributed by atoms with van der Waals surface area (Å²) in [5, 5.41) is 21.1. The highest BCUT2D eigenvalue weighted by Crippen LogP contribution is 2.23. The van der Waals surface area contributed by atoms with Crippen LogP contribution in [0.5, 0.6) is 5.75 Å². The highest BCUT2D eigenvalue weighted by atomic mass is 16.5. The number of ether oxygens (including phenoxy) is 1. The minimum atomic E-state index is -1.00. The minimum absolute atomic E-state index is 0.239. The van der Waals surface area contributed by atoms with Gasteiger partial charge in [0.05, 0.1) is 19.6 Å². The summed E-state index contributed by atoms with van der Waals surface area (Å²) in [6.07, 6.45) is -1.13. The van der Waals surface area contributed by atoms with Crippen molar-refractivity contribution in [2.45, 2.75) is 32.9 Å². The summed E-state index contributed by atoms with van der Waals surface area (Å²) in [6, 6.07) is 4.02. The topological polar surface area (TPSA) is 78.8 Å². The average molecular weight is 267 g/mol. The number of hydrogen-bond donors (Lipinski definition) is 3. The third kappa shape index (κ3) is 4.89. The van der Waals surface area contributed by atoms with E-state index in [-0.39, 0.29) is 13.0 Å². The number of methoxy groups -OCH3 is 1. The van der Waals surface area contributed by atoms with Gasteiger partial charge in [0.15, 0.2) is 0 Å². The van der Waals surface area contributed by atoms with E-state index in [4.69, 9.17) is 9.84 Å². The fourth-order valence-electron chi connectivity index (χ4n) is 2.00. The maximum absolute atomic E-state index is 10.4. The molecule has 1 rings (SSSR count). The number of hydrogen-bond acceptors (Lipinski definition) is 4. The van der Waals surface area contributed by atoms with E-state index in [2.05, 4.69) is 11.4 Å². The van der Waals surface area contributed by atoms with E-state index < -0.39 is 12.1 Å². The molecule has 5 nitrogen and oxygen atoms in total. The molecule has 0 radical (unpaired) electrons. The molecule has 0 bridgehead atoms. The third-order valence-electron chi connectivity index (χ3n) is 2.89. The lowest BCUT2D eigenvalue weighted by Crippen LogP contribution is -2.28. The molecule has 3 N–H and O–H groups in total. The molecule has 106 valence electrons. The zero-order valence-corrected chi connectivity index (χ0v) is 11.6. The van der Waals surface area contributed by atoms with Gasteiger partial charge in [-0.15, -0.1) is 0 Å².